The van der Waals surface area contributed by atoms with E-state index in [9.17, 15) is 23.2 Å². The molecule has 4 fully saturated rings. The van der Waals surface area contributed by atoms with E-state index in [1.54, 1.807) is 29.3 Å². The summed E-state index contributed by atoms with van der Waals surface area (Å²) >= 11 is 0. The fourth-order valence-electron chi connectivity index (χ4n) is 9.10. The molecule has 0 atom stereocenters. The fourth-order valence-corrected chi connectivity index (χ4v) is 9.10. The van der Waals surface area contributed by atoms with Gasteiger partial charge < -0.3 is 39.6 Å². The summed E-state index contributed by atoms with van der Waals surface area (Å²) < 4.78 is 30.6. The third-order valence-corrected chi connectivity index (χ3v) is 13.4. The van der Waals surface area contributed by atoms with E-state index in [0.717, 1.165) is 139 Å². The Hall–Kier alpha value is -6.57. The SMILES string of the molecule is CN1CCN(c2cccc(N(Cc3ccc(-c4nnc(C(F)F)o4)cn3)C(=O)N3CCCCC3)c2)CC1.CN1CCN(c2cccc(N(Cc3ccc(C(=O)CN)cn3)C(=O)N3CCCCC3)c2)CC1. The van der Waals surface area contributed by atoms with Crippen LogP contribution in [0.5, 0.6) is 0 Å². The predicted molar refractivity (Wildman–Crippen MR) is 266 cm³/mol. The molecule has 0 aliphatic carbocycles. The van der Waals surface area contributed by atoms with Crippen molar-refractivity contribution in [2.75, 3.05) is 119 Å². The van der Waals surface area contributed by atoms with Gasteiger partial charge in [0.05, 0.1) is 36.6 Å². The van der Waals surface area contributed by atoms with Gasteiger partial charge >= 0.3 is 18.5 Å². The summed E-state index contributed by atoms with van der Waals surface area (Å²) in [4.78, 5) is 64.9. The van der Waals surface area contributed by atoms with Crippen molar-refractivity contribution in [1.29, 1.82) is 0 Å². The number of rotatable bonds is 12. The number of hydrogen-bond acceptors (Lipinski definition) is 13. The Morgan fingerprint density at radius 1 is 0.614 bits per heavy atom. The second-order valence-electron chi connectivity index (χ2n) is 18.4. The zero-order valence-corrected chi connectivity index (χ0v) is 40.3. The maximum atomic E-state index is 13.7. The first-order valence-electron chi connectivity index (χ1n) is 24.5. The molecular weight excluding hydrogens is 897 g/mol. The monoisotopic (exact) mass is 962 g/mol. The van der Waals surface area contributed by atoms with Gasteiger partial charge in [-0.2, -0.15) is 8.78 Å². The summed E-state index contributed by atoms with van der Waals surface area (Å²) in [5.74, 6) is -0.886. The van der Waals surface area contributed by atoms with Crippen LogP contribution >= 0.6 is 0 Å². The quantitative estimate of drug-likeness (QED) is 0.127. The predicted octanol–water partition coefficient (Wildman–Crippen LogP) is 7.02. The van der Waals surface area contributed by atoms with Gasteiger partial charge in [0.15, 0.2) is 5.78 Å². The van der Waals surface area contributed by atoms with Gasteiger partial charge in [0.1, 0.15) is 0 Å². The van der Waals surface area contributed by atoms with Gasteiger partial charge in [-0.15, -0.1) is 10.2 Å². The summed E-state index contributed by atoms with van der Waals surface area (Å²) in [6.45, 7) is 11.5. The van der Waals surface area contributed by atoms with E-state index in [2.05, 4.69) is 78.1 Å². The lowest BCUT2D eigenvalue weighted by atomic mass is 10.1. The number of benzene rings is 2. The van der Waals surface area contributed by atoms with E-state index in [1.165, 1.54) is 12.6 Å². The number of Topliss-reactive ketones (excluding diaryl/α,β-unsaturated/α-hetero) is 1. The molecule has 4 aliphatic rings. The van der Waals surface area contributed by atoms with E-state index in [-0.39, 0.29) is 36.8 Å². The molecular formula is C51H65F2N13O4. The van der Waals surface area contributed by atoms with Crippen LogP contribution in [0, 0.1) is 0 Å². The highest BCUT2D eigenvalue weighted by atomic mass is 19.3. The number of amides is 4. The first-order chi connectivity index (χ1) is 34.0. The van der Waals surface area contributed by atoms with Crippen molar-refractivity contribution >= 4 is 40.6 Å². The van der Waals surface area contributed by atoms with E-state index in [0.29, 0.717) is 23.4 Å². The van der Waals surface area contributed by atoms with Crippen molar-refractivity contribution in [1.82, 2.24) is 39.8 Å². The second-order valence-corrected chi connectivity index (χ2v) is 18.4. The van der Waals surface area contributed by atoms with Crippen molar-refractivity contribution in [2.45, 2.75) is 58.0 Å². The van der Waals surface area contributed by atoms with Crippen LogP contribution in [0.15, 0.2) is 89.6 Å². The Balaban J connectivity index is 0.000000190. The minimum absolute atomic E-state index is 0.00846. The Bertz CT molecular complexity index is 2480. The highest BCUT2D eigenvalue weighted by molar-refractivity contribution is 5.97. The smallest absolute Gasteiger partial charge is 0.324 e. The molecule has 0 spiro atoms. The molecule has 7 heterocycles. The molecule has 5 aromatic rings. The number of carbonyl (C=O) groups is 3. The van der Waals surface area contributed by atoms with Crippen molar-refractivity contribution in [3.63, 3.8) is 0 Å². The van der Waals surface area contributed by atoms with Crippen LogP contribution in [-0.4, -0.2) is 157 Å². The first-order valence-corrected chi connectivity index (χ1v) is 24.5. The van der Waals surface area contributed by atoms with Gasteiger partial charge in [-0.3, -0.25) is 24.6 Å². The van der Waals surface area contributed by atoms with Gasteiger partial charge in [-0.1, -0.05) is 12.1 Å². The molecule has 0 unspecified atom stereocenters. The van der Waals surface area contributed by atoms with Gasteiger partial charge in [0.25, 0.3) is 5.89 Å². The average Bonchev–Trinajstić information content (AvgIpc) is 3.92. The Labute approximate surface area is 408 Å². The van der Waals surface area contributed by atoms with Crippen LogP contribution in [0.3, 0.4) is 0 Å². The molecule has 372 valence electrons. The van der Waals surface area contributed by atoms with Gasteiger partial charge in [0.2, 0.25) is 5.89 Å². The van der Waals surface area contributed by atoms with Crippen molar-refractivity contribution in [2.24, 2.45) is 5.73 Å². The van der Waals surface area contributed by atoms with Crippen molar-refractivity contribution in [3.8, 4) is 11.5 Å². The Morgan fingerprint density at radius 3 is 1.51 bits per heavy atom. The zero-order chi connectivity index (χ0) is 49.0. The number of pyridine rings is 2. The topological polar surface area (TPSA) is 168 Å². The van der Waals surface area contributed by atoms with Crippen LogP contribution in [0.1, 0.15) is 72.6 Å². The van der Waals surface area contributed by atoms with Crippen LogP contribution in [-0.2, 0) is 13.1 Å². The van der Waals surface area contributed by atoms with Crippen molar-refractivity contribution < 1.29 is 27.6 Å². The average molecular weight is 962 g/mol. The number of urea groups is 2. The van der Waals surface area contributed by atoms with Gasteiger partial charge in [0, 0.05) is 119 Å². The lowest BCUT2D eigenvalue weighted by Crippen LogP contribution is -2.46. The maximum Gasteiger partial charge on any atom is 0.324 e. The van der Waals surface area contributed by atoms with Crippen LogP contribution in [0.4, 0.5) is 41.1 Å². The highest BCUT2D eigenvalue weighted by Crippen LogP contribution is 2.30. The number of hydrogen-bond donors (Lipinski definition) is 1. The molecule has 3 aromatic heterocycles. The Morgan fingerprint density at radius 2 is 1.10 bits per heavy atom. The van der Waals surface area contributed by atoms with Crippen LogP contribution < -0.4 is 25.3 Å². The number of nitrogens with two attached hydrogens (primary N) is 1. The zero-order valence-electron chi connectivity index (χ0n) is 40.3. The van der Waals surface area contributed by atoms with E-state index >= 15 is 0 Å². The number of nitrogens with zero attached hydrogens (tertiary/aromatic N) is 12. The normalized spacial score (nSPS) is 17.0. The lowest BCUT2D eigenvalue weighted by molar-refractivity contribution is 0.100. The molecule has 9 rings (SSSR count). The maximum absolute atomic E-state index is 13.7. The molecule has 2 N–H and O–H groups in total. The lowest BCUT2D eigenvalue weighted by Gasteiger charge is -2.35. The number of ketones is 1. The van der Waals surface area contributed by atoms with Crippen molar-refractivity contribution in [3.05, 3.63) is 108 Å². The van der Waals surface area contributed by atoms with Gasteiger partial charge in [-0.25, -0.2) is 9.59 Å². The molecule has 0 saturated carbocycles. The first kappa shape index (κ1) is 49.8. The third-order valence-electron chi connectivity index (χ3n) is 13.4. The number of anilines is 4. The molecule has 0 radical (unpaired) electrons. The third kappa shape index (κ3) is 12.8. The number of alkyl halides is 2. The highest BCUT2D eigenvalue weighted by Gasteiger charge is 2.28. The van der Waals surface area contributed by atoms with Crippen LogP contribution in [0.2, 0.25) is 0 Å². The number of carbonyl (C=O) groups excluding carboxylic acids is 3. The molecule has 19 heteroatoms. The fraction of sp³-hybridized carbons (Fsp3) is 0.471. The summed E-state index contributed by atoms with van der Waals surface area (Å²) in [5, 5.41) is 7.05. The van der Waals surface area contributed by atoms with E-state index < -0.39 is 12.3 Å². The van der Waals surface area contributed by atoms with E-state index in [4.69, 9.17) is 10.2 Å². The molecule has 4 aliphatic heterocycles. The minimum atomic E-state index is -2.83. The molecule has 4 saturated heterocycles. The summed E-state index contributed by atoms with van der Waals surface area (Å²) in [5.41, 5.74) is 11.7. The second kappa shape index (κ2) is 23.8. The molecule has 0 bridgehead atoms. The van der Waals surface area contributed by atoms with Crippen LogP contribution in [0.25, 0.3) is 11.5 Å². The number of likely N-dealkylation sites (N-methyl/N-ethyl adjacent to an activating group) is 2. The molecule has 4 amide bonds. The number of likely N-dealkylation sites (tertiary alicyclic amines) is 2. The number of piperidine rings is 2. The standard InChI is InChI=1S/C26H31F2N7O2.C25H34N6O2/c1-32-12-14-33(15-13-32)21-6-5-7-22(16-21)35(26(36)34-10-3-2-4-11-34)18-20-9-8-19(17-29-20)24-30-31-25(37-24)23(27)28;1-28-12-14-29(15-13-28)22-6-5-7-23(16-22)31(25(33)30-10-3-2-4-11-30)19-21-9-8-20(18-27-21)24(32)17-26/h5-9,16-17,23H,2-4,10-15,18H2,1H3;5-9,16,18H,2-4,10-15,17,19,26H2,1H3. The molecule has 2 aromatic carbocycles. The summed E-state index contributed by atoms with van der Waals surface area (Å²) in [6, 6.07) is 23.3. The largest absolute Gasteiger partial charge is 0.415 e. The van der Waals surface area contributed by atoms with Gasteiger partial charge in [-0.05, 0) is 113 Å². The van der Waals surface area contributed by atoms with E-state index in [1.807, 2.05) is 45.0 Å². The number of aromatic nitrogens is 4. The summed E-state index contributed by atoms with van der Waals surface area (Å²) in [6.07, 6.45) is 6.60. The number of halogens is 2. The molecule has 70 heavy (non-hydrogen) atoms. The Kier molecular flexibility index (Phi) is 17.0. The summed E-state index contributed by atoms with van der Waals surface area (Å²) in [7, 11) is 4.27. The number of piperazine rings is 2. The minimum Gasteiger partial charge on any atom is -0.415 e. The molecule has 17 nitrogen and oxygen atoms in total.